The van der Waals surface area contributed by atoms with Crippen molar-refractivity contribution in [2.75, 3.05) is 45.9 Å². The van der Waals surface area contributed by atoms with E-state index in [1.807, 2.05) is 30.7 Å². The number of benzene rings is 1. The fourth-order valence-corrected chi connectivity index (χ4v) is 3.05. The number of nitrogens with zero attached hydrogens (tertiary/aromatic N) is 5. The van der Waals surface area contributed by atoms with Crippen LogP contribution in [0.1, 0.15) is 17.2 Å². The third kappa shape index (κ3) is 6.79. The smallest absolute Gasteiger partial charge is 0.191 e. The standard InChI is InChI=1S/C20H30FN7O/c1-16-25-26-19(27(16)2)15-24-20(23-9-10-28-11-13-29-14-12-28)22-8-7-17-3-5-18(21)6-4-17/h3-6H,7-15H2,1-2H3,(H2,22,23,24). The Bertz CT molecular complexity index is 785. The Hall–Kier alpha value is -2.52. The van der Waals surface area contributed by atoms with Gasteiger partial charge in [-0.1, -0.05) is 12.1 Å². The quantitative estimate of drug-likeness (QED) is 0.503. The predicted molar refractivity (Wildman–Crippen MR) is 110 cm³/mol. The average molecular weight is 404 g/mol. The van der Waals surface area contributed by atoms with Crippen LogP contribution in [0, 0.1) is 12.7 Å². The molecule has 158 valence electrons. The minimum absolute atomic E-state index is 0.215. The molecule has 2 N–H and O–H groups in total. The first-order valence-electron chi connectivity index (χ1n) is 10.0. The topological polar surface area (TPSA) is 79.6 Å². The van der Waals surface area contributed by atoms with Crippen LogP contribution in [0.4, 0.5) is 4.39 Å². The van der Waals surface area contributed by atoms with Gasteiger partial charge in [0, 0.05) is 39.8 Å². The molecule has 29 heavy (non-hydrogen) atoms. The summed E-state index contributed by atoms with van der Waals surface area (Å²) in [4.78, 5) is 7.04. The summed E-state index contributed by atoms with van der Waals surface area (Å²) >= 11 is 0. The van der Waals surface area contributed by atoms with Gasteiger partial charge >= 0.3 is 0 Å². The lowest BCUT2D eigenvalue weighted by molar-refractivity contribution is 0.0389. The minimum Gasteiger partial charge on any atom is -0.379 e. The summed E-state index contributed by atoms with van der Waals surface area (Å²) in [5, 5.41) is 15.0. The molecule has 0 unspecified atom stereocenters. The van der Waals surface area contributed by atoms with Gasteiger partial charge in [0.1, 0.15) is 18.2 Å². The van der Waals surface area contributed by atoms with E-state index < -0.39 is 0 Å². The number of rotatable bonds is 8. The Kier molecular flexibility index (Phi) is 7.94. The molecule has 0 bridgehead atoms. The molecule has 0 saturated carbocycles. The number of halogens is 1. The second-order valence-electron chi connectivity index (χ2n) is 7.07. The highest BCUT2D eigenvalue weighted by Gasteiger charge is 2.10. The van der Waals surface area contributed by atoms with Crippen LogP contribution in [0.5, 0.6) is 0 Å². The van der Waals surface area contributed by atoms with Crippen LogP contribution in [0.3, 0.4) is 0 Å². The van der Waals surface area contributed by atoms with Crippen LogP contribution in [0.2, 0.25) is 0 Å². The van der Waals surface area contributed by atoms with Gasteiger partial charge in [0.15, 0.2) is 11.8 Å². The number of morpholine rings is 1. The van der Waals surface area contributed by atoms with Crippen molar-refractivity contribution >= 4 is 5.96 Å². The highest BCUT2D eigenvalue weighted by atomic mass is 19.1. The molecule has 3 rings (SSSR count). The van der Waals surface area contributed by atoms with Crippen molar-refractivity contribution in [3.8, 4) is 0 Å². The van der Waals surface area contributed by atoms with E-state index in [4.69, 9.17) is 4.74 Å². The second-order valence-corrected chi connectivity index (χ2v) is 7.07. The lowest BCUT2D eigenvalue weighted by atomic mass is 10.1. The van der Waals surface area contributed by atoms with Gasteiger partial charge in [0.2, 0.25) is 0 Å². The van der Waals surface area contributed by atoms with Gasteiger partial charge in [-0.3, -0.25) is 4.90 Å². The Morgan fingerprint density at radius 2 is 1.86 bits per heavy atom. The molecule has 2 aromatic rings. The summed E-state index contributed by atoms with van der Waals surface area (Å²) in [6.07, 6.45) is 0.785. The van der Waals surface area contributed by atoms with E-state index in [2.05, 4.69) is 30.7 Å². The number of aromatic nitrogens is 3. The molecule has 2 heterocycles. The van der Waals surface area contributed by atoms with Gasteiger partial charge in [-0.05, 0) is 31.0 Å². The number of nitrogens with one attached hydrogen (secondary N) is 2. The zero-order valence-corrected chi connectivity index (χ0v) is 17.2. The molecule has 0 spiro atoms. The first kappa shape index (κ1) is 21.2. The molecule has 0 radical (unpaired) electrons. The second kappa shape index (κ2) is 10.9. The summed E-state index contributed by atoms with van der Waals surface area (Å²) in [6.45, 7) is 8.31. The van der Waals surface area contributed by atoms with Crippen molar-refractivity contribution < 1.29 is 9.13 Å². The van der Waals surface area contributed by atoms with Crippen LogP contribution < -0.4 is 10.6 Å². The predicted octanol–water partition coefficient (Wildman–Crippen LogP) is 0.873. The third-order valence-electron chi connectivity index (χ3n) is 5.00. The number of ether oxygens (including phenoxy) is 1. The van der Waals surface area contributed by atoms with E-state index in [0.717, 1.165) is 69.0 Å². The Morgan fingerprint density at radius 3 is 2.55 bits per heavy atom. The van der Waals surface area contributed by atoms with Gasteiger partial charge in [-0.2, -0.15) is 0 Å². The first-order valence-corrected chi connectivity index (χ1v) is 10.0. The number of hydrogen-bond acceptors (Lipinski definition) is 5. The summed E-state index contributed by atoms with van der Waals surface area (Å²) in [5.74, 6) is 2.20. The van der Waals surface area contributed by atoms with Crippen LogP contribution in [0.25, 0.3) is 0 Å². The Balaban J connectivity index is 1.53. The Morgan fingerprint density at radius 1 is 1.14 bits per heavy atom. The van der Waals surface area contributed by atoms with E-state index in [1.54, 1.807) is 0 Å². The molecule has 1 aliphatic rings. The van der Waals surface area contributed by atoms with Gasteiger partial charge < -0.3 is 19.9 Å². The number of guanidine groups is 1. The van der Waals surface area contributed by atoms with E-state index in [0.29, 0.717) is 13.1 Å². The SMILES string of the molecule is Cc1nnc(CN=C(NCCc2ccc(F)cc2)NCCN2CCOCC2)n1C. The van der Waals surface area contributed by atoms with Gasteiger partial charge in [-0.25, -0.2) is 9.38 Å². The first-order chi connectivity index (χ1) is 14.1. The zero-order valence-electron chi connectivity index (χ0n) is 17.2. The summed E-state index contributed by atoms with van der Waals surface area (Å²) < 4.78 is 20.4. The number of aryl methyl sites for hydroxylation is 1. The fourth-order valence-electron chi connectivity index (χ4n) is 3.05. The maximum Gasteiger partial charge on any atom is 0.191 e. The number of hydrogen-bond donors (Lipinski definition) is 2. The van der Waals surface area contributed by atoms with Crippen LogP contribution in [-0.4, -0.2) is 71.6 Å². The molecule has 0 aliphatic carbocycles. The van der Waals surface area contributed by atoms with E-state index >= 15 is 0 Å². The molecule has 1 fully saturated rings. The number of aliphatic imine (C=N–C) groups is 1. The van der Waals surface area contributed by atoms with Gasteiger partial charge in [0.25, 0.3) is 0 Å². The monoisotopic (exact) mass is 403 g/mol. The van der Waals surface area contributed by atoms with Crippen molar-refractivity contribution in [3.05, 3.63) is 47.3 Å². The highest BCUT2D eigenvalue weighted by molar-refractivity contribution is 5.79. The Labute approximate surface area is 171 Å². The van der Waals surface area contributed by atoms with Gasteiger partial charge in [-0.15, -0.1) is 10.2 Å². The van der Waals surface area contributed by atoms with E-state index in [1.165, 1.54) is 12.1 Å². The molecule has 0 amide bonds. The molecule has 1 aromatic carbocycles. The fraction of sp³-hybridized carbons (Fsp3) is 0.550. The summed E-state index contributed by atoms with van der Waals surface area (Å²) in [5.41, 5.74) is 1.08. The minimum atomic E-state index is -0.215. The van der Waals surface area contributed by atoms with Crippen molar-refractivity contribution in [3.63, 3.8) is 0 Å². The molecule has 9 heteroatoms. The maximum atomic E-state index is 13.1. The largest absolute Gasteiger partial charge is 0.379 e. The molecule has 1 aromatic heterocycles. The van der Waals surface area contributed by atoms with Gasteiger partial charge in [0.05, 0.1) is 13.2 Å². The normalized spacial score (nSPS) is 15.5. The maximum absolute atomic E-state index is 13.1. The molecule has 1 aliphatic heterocycles. The molecule has 1 saturated heterocycles. The van der Waals surface area contributed by atoms with Crippen molar-refractivity contribution in [2.24, 2.45) is 12.0 Å². The van der Waals surface area contributed by atoms with Crippen LogP contribution in [0.15, 0.2) is 29.3 Å². The lowest BCUT2D eigenvalue weighted by Crippen LogP contribution is -2.44. The summed E-state index contributed by atoms with van der Waals surface area (Å²) in [7, 11) is 1.94. The van der Waals surface area contributed by atoms with E-state index in [-0.39, 0.29) is 5.82 Å². The van der Waals surface area contributed by atoms with Crippen LogP contribution >= 0.6 is 0 Å². The molecule has 8 nitrogen and oxygen atoms in total. The zero-order chi connectivity index (χ0) is 20.5. The molecule has 0 atom stereocenters. The van der Waals surface area contributed by atoms with Crippen molar-refractivity contribution in [2.45, 2.75) is 19.9 Å². The summed E-state index contributed by atoms with van der Waals surface area (Å²) in [6, 6.07) is 6.59. The lowest BCUT2D eigenvalue weighted by Gasteiger charge is -2.26. The van der Waals surface area contributed by atoms with Crippen molar-refractivity contribution in [1.82, 2.24) is 30.3 Å². The van der Waals surface area contributed by atoms with E-state index in [9.17, 15) is 4.39 Å². The highest BCUT2D eigenvalue weighted by Crippen LogP contribution is 2.03. The van der Waals surface area contributed by atoms with Crippen molar-refractivity contribution in [1.29, 1.82) is 0 Å². The van der Waals surface area contributed by atoms with Crippen LogP contribution in [-0.2, 0) is 24.8 Å². The average Bonchev–Trinajstić information content (AvgIpc) is 3.06. The molecular weight excluding hydrogens is 373 g/mol. The third-order valence-corrected chi connectivity index (χ3v) is 5.00. The molecular formula is C20H30FN7O.